The van der Waals surface area contributed by atoms with Gasteiger partial charge in [-0.3, -0.25) is 9.78 Å². The first-order chi connectivity index (χ1) is 13.0. The average molecular weight is 379 g/mol. The lowest BCUT2D eigenvalue weighted by Crippen LogP contribution is -2.14. The molecule has 0 aliphatic carbocycles. The third-order valence-electron chi connectivity index (χ3n) is 4.15. The molecule has 0 spiro atoms. The molecule has 0 saturated heterocycles. The van der Waals surface area contributed by atoms with E-state index >= 15 is 0 Å². The molecule has 4 rings (SSSR count). The standard InChI is InChI=1S/C20H17N3O3S/c1-11-3-5-13(6-4-11)19-17(27-12(2)21-19)10-18(24)22-14-7-8-16-15(9-14)23-20(25)26-16/h3-9H,10H2,1-2H3,(H,22,24)(H,23,25). The summed E-state index contributed by atoms with van der Waals surface area (Å²) in [5.74, 6) is -0.659. The third kappa shape index (κ3) is 3.68. The van der Waals surface area contributed by atoms with E-state index < -0.39 is 5.76 Å². The smallest absolute Gasteiger partial charge is 0.408 e. The number of hydrogen-bond donors (Lipinski definition) is 2. The summed E-state index contributed by atoms with van der Waals surface area (Å²) in [4.78, 5) is 31.9. The number of aryl methyl sites for hydroxylation is 2. The van der Waals surface area contributed by atoms with Crippen molar-refractivity contribution >= 4 is 34.0 Å². The normalized spacial score (nSPS) is 11.0. The number of rotatable bonds is 4. The molecule has 0 bridgehead atoms. The summed E-state index contributed by atoms with van der Waals surface area (Å²) in [6.45, 7) is 3.97. The van der Waals surface area contributed by atoms with Gasteiger partial charge in [0.05, 0.1) is 22.6 Å². The zero-order valence-corrected chi connectivity index (χ0v) is 15.6. The number of nitrogens with zero attached hydrogens (tertiary/aromatic N) is 1. The van der Waals surface area contributed by atoms with Gasteiger partial charge < -0.3 is 9.73 Å². The number of carbonyl (C=O) groups is 1. The Morgan fingerprint density at radius 3 is 2.74 bits per heavy atom. The van der Waals surface area contributed by atoms with Gasteiger partial charge in [-0.2, -0.15) is 0 Å². The predicted octanol–water partition coefficient (Wildman–Crippen LogP) is 4.04. The molecule has 4 aromatic rings. The Kier molecular flexibility index (Phi) is 4.37. The monoisotopic (exact) mass is 379 g/mol. The molecule has 2 aromatic heterocycles. The lowest BCUT2D eigenvalue weighted by atomic mass is 10.1. The molecule has 0 unspecified atom stereocenters. The Bertz CT molecular complexity index is 1190. The van der Waals surface area contributed by atoms with Crippen LogP contribution in [-0.4, -0.2) is 15.9 Å². The summed E-state index contributed by atoms with van der Waals surface area (Å²) in [7, 11) is 0. The molecule has 2 heterocycles. The number of thiazole rings is 1. The molecular formula is C20H17N3O3S. The van der Waals surface area contributed by atoms with Crippen molar-refractivity contribution in [3.8, 4) is 11.3 Å². The fraction of sp³-hybridized carbons (Fsp3) is 0.150. The van der Waals surface area contributed by atoms with Crippen molar-refractivity contribution in [3.63, 3.8) is 0 Å². The van der Waals surface area contributed by atoms with Crippen LogP contribution in [0.5, 0.6) is 0 Å². The maximum atomic E-state index is 12.5. The number of anilines is 1. The van der Waals surface area contributed by atoms with E-state index in [0.717, 1.165) is 21.1 Å². The maximum absolute atomic E-state index is 12.5. The highest BCUT2D eigenvalue weighted by Gasteiger charge is 2.15. The minimum atomic E-state index is -0.517. The molecule has 2 aromatic carbocycles. The van der Waals surface area contributed by atoms with Gasteiger partial charge in [-0.05, 0) is 32.0 Å². The van der Waals surface area contributed by atoms with Gasteiger partial charge in [0.2, 0.25) is 5.91 Å². The lowest BCUT2D eigenvalue weighted by Gasteiger charge is -2.06. The lowest BCUT2D eigenvalue weighted by molar-refractivity contribution is -0.115. The first-order valence-electron chi connectivity index (χ1n) is 8.44. The summed E-state index contributed by atoms with van der Waals surface area (Å²) >= 11 is 1.52. The number of carbonyl (C=O) groups excluding carboxylic acids is 1. The minimum Gasteiger partial charge on any atom is -0.408 e. The zero-order valence-electron chi connectivity index (χ0n) is 14.8. The van der Waals surface area contributed by atoms with Gasteiger partial charge in [-0.1, -0.05) is 29.8 Å². The molecule has 0 saturated carbocycles. The molecule has 136 valence electrons. The fourth-order valence-electron chi connectivity index (χ4n) is 2.91. The molecule has 2 N–H and O–H groups in total. The number of oxazole rings is 1. The van der Waals surface area contributed by atoms with E-state index in [9.17, 15) is 9.59 Å². The van der Waals surface area contributed by atoms with Crippen LogP contribution in [0.4, 0.5) is 5.69 Å². The molecule has 7 heteroatoms. The van der Waals surface area contributed by atoms with Crippen LogP contribution in [-0.2, 0) is 11.2 Å². The van der Waals surface area contributed by atoms with Crippen LogP contribution >= 0.6 is 11.3 Å². The van der Waals surface area contributed by atoms with Gasteiger partial charge in [0, 0.05) is 16.1 Å². The molecular weight excluding hydrogens is 362 g/mol. The Morgan fingerprint density at radius 2 is 1.96 bits per heavy atom. The third-order valence-corrected chi connectivity index (χ3v) is 5.12. The second-order valence-electron chi connectivity index (χ2n) is 6.32. The molecule has 0 aliphatic heterocycles. The van der Waals surface area contributed by atoms with Crippen LogP contribution in [0.25, 0.3) is 22.4 Å². The Balaban J connectivity index is 1.55. The van der Waals surface area contributed by atoms with Crippen molar-refractivity contribution < 1.29 is 9.21 Å². The molecule has 0 radical (unpaired) electrons. The van der Waals surface area contributed by atoms with E-state index in [1.165, 1.54) is 16.9 Å². The van der Waals surface area contributed by atoms with Gasteiger partial charge >= 0.3 is 5.76 Å². The van der Waals surface area contributed by atoms with E-state index in [1.54, 1.807) is 18.2 Å². The number of aromatic nitrogens is 2. The van der Waals surface area contributed by atoms with E-state index in [-0.39, 0.29) is 12.3 Å². The first-order valence-corrected chi connectivity index (χ1v) is 9.25. The number of H-pyrrole nitrogens is 1. The molecule has 0 atom stereocenters. The summed E-state index contributed by atoms with van der Waals surface area (Å²) in [5.41, 5.74) is 4.64. The van der Waals surface area contributed by atoms with Crippen molar-refractivity contribution in [3.05, 3.63) is 68.5 Å². The van der Waals surface area contributed by atoms with Crippen LogP contribution < -0.4 is 11.1 Å². The Labute approximate surface area is 158 Å². The van der Waals surface area contributed by atoms with Crippen LogP contribution in [0.3, 0.4) is 0 Å². The highest BCUT2D eigenvalue weighted by Crippen LogP contribution is 2.29. The van der Waals surface area contributed by atoms with E-state index in [0.29, 0.717) is 16.8 Å². The molecule has 0 aliphatic rings. The Morgan fingerprint density at radius 1 is 1.19 bits per heavy atom. The van der Waals surface area contributed by atoms with Crippen LogP contribution in [0.1, 0.15) is 15.4 Å². The second kappa shape index (κ2) is 6.85. The number of fused-ring (bicyclic) bond motifs is 1. The largest absolute Gasteiger partial charge is 0.417 e. The van der Waals surface area contributed by atoms with Crippen LogP contribution in [0, 0.1) is 13.8 Å². The average Bonchev–Trinajstić information content (AvgIpc) is 3.16. The van der Waals surface area contributed by atoms with Gasteiger partial charge in [-0.25, -0.2) is 9.78 Å². The summed E-state index contributed by atoms with van der Waals surface area (Å²) < 4.78 is 4.97. The van der Waals surface area contributed by atoms with Crippen molar-refractivity contribution in [2.45, 2.75) is 20.3 Å². The Hall–Kier alpha value is -3.19. The summed E-state index contributed by atoms with van der Waals surface area (Å²) in [5, 5.41) is 3.79. The number of benzene rings is 2. The van der Waals surface area contributed by atoms with Crippen molar-refractivity contribution in [1.29, 1.82) is 0 Å². The molecule has 6 nitrogen and oxygen atoms in total. The first kappa shape index (κ1) is 17.2. The van der Waals surface area contributed by atoms with E-state index in [2.05, 4.69) is 15.3 Å². The maximum Gasteiger partial charge on any atom is 0.417 e. The topological polar surface area (TPSA) is 88.0 Å². The van der Waals surface area contributed by atoms with Crippen LogP contribution in [0.15, 0.2) is 51.7 Å². The summed E-state index contributed by atoms with van der Waals surface area (Å²) in [6.07, 6.45) is 0.231. The highest BCUT2D eigenvalue weighted by atomic mass is 32.1. The summed E-state index contributed by atoms with van der Waals surface area (Å²) in [6, 6.07) is 13.1. The van der Waals surface area contributed by atoms with Gasteiger partial charge in [0.15, 0.2) is 5.58 Å². The number of amides is 1. The van der Waals surface area contributed by atoms with E-state index in [4.69, 9.17) is 4.42 Å². The van der Waals surface area contributed by atoms with Crippen molar-refractivity contribution in [1.82, 2.24) is 9.97 Å². The molecule has 27 heavy (non-hydrogen) atoms. The number of nitrogens with one attached hydrogen (secondary N) is 2. The van der Waals surface area contributed by atoms with Gasteiger partial charge in [0.1, 0.15) is 0 Å². The SMILES string of the molecule is Cc1ccc(-c2nc(C)sc2CC(=O)Nc2ccc3oc(=O)[nH]c3c2)cc1. The van der Waals surface area contributed by atoms with Crippen molar-refractivity contribution in [2.24, 2.45) is 0 Å². The fourth-order valence-corrected chi connectivity index (χ4v) is 3.86. The van der Waals surface area contributed by atoms with Crippen molar-refractivity contribution in [2.75, 3.05) is 5.32 Å². The molecule has 1 amide bonds. The van der Waals surface area contributed by atoms with Gasteiger partial charge in [-0.15, -0.1) is 11.3 Å². The quantitative estimate of drug-likeness (QED) is 0.560. The predicted molar refractivity (Wildman–Crippen MR) is 106 cm³/mol. The second-order valence-corrected chi connectivity index (χ2v) is 7.61. The minimum absolute atomic E-state index is 0.141. The number of aromatic amines is 1. The van der Waals surface area contributed by atoms with Crippen LogP contribution in [0.2, 0.25) is 0 Å². The number of hydrogen-bond acceptors (Lipinski definition) is 5. The zero-order chi connectivity index (χ0) is 19.0. The molecule has 0 fully saturated rings. The van der Waals surface area contributed by atoms with Gasteiger partial charge in [0.25, 0.3) is 0 Å². The van der Waals surface area contributed by atoms with E-state index in [1.807, 2.05) is 38.1 Å². The highest BCUT2D eigenvalue weighted by molar-refractivity contribution is 7.12.